The van der Waals surface area contributed by atoms with Crippen molar-refractivity contribution in [2.24, 2.45) is 0 Å². The van der Waals surface area contributed by atoms with E-state index < -0.39 is 17.7 Å². The van der Waals surface area contributed by atoms with Gasteiger partial charge in [0, 0.05) is 10.4 Å². The summed E-state index contributed by atoms with van der Waals surface area (Å²) in [6.45, 7) is 2.07. The summed E-state index contributed by atoms with van der Waals surface area (Å²) in [5.74, 6) is -0.112. The van der Waals surface area contributed by atoms with E-state index in [9.17, 15) is 14.7 Å². The van der Waals surface area contributed by atoms with E-state index >= 15 is 0 Å². The number of rotatable bonds is 8. The number of ether oxygens (including phenoxy) is 4. The average Bonchev–Trinajstić information content (AvgIpc) is 3.50. The van der Waals surface area contributed by atoms with E-state index in [1.165, 1.54) is 44.7 Å². The Morgan fingerprint density at radius 3 is 2.17 bits per heavy atom. The Bertz CT molecular complexity index is 1300. The maximum absolute atomic E-state index is 13.4. The Labute approximate surface area is 213 Å². The number of likely N-dealkylation sites (tertiary alicyclic amines) is 1. The fourth-order valence-electron chi connectivity index (χ4n) is 4.34. The van der Waals surface area contributed by atoms with Gasteiger partial charge in [0.05, 0.1) is 46.6 Å². The number of carbonyl (C=O) groups excluding carboxylic acids is 2. The topological polar surface area (TPSA) is 94.5 Å². The third kappa shape index (κ3) is 4.37. The number of methoxy groups -OCH3 is 4. The smallest absolute Gasteiger partial charge is 0.295 e. The summed E-state index contributed by atoms with van der Waals surface area (Å²) >= 11 is 1.47. The highest BCUT2D eigenvalue weighted by Gasteiger charge is 2.46. The SMILES string of the molecule is COc1cc(/C(O)=C2\C(=O)C(=O)N(Cc3cccs3)C2c2cc(OC)c(OC)c(OC)c2)ccc1C. The number of aliphatic hydroxyl groups is 1. The number of Topliss-reactive ketones (excluding diaryl/α,β-unsaturated/α-hetero) is 1. The predicted octanol–water partition coefficient (Wildman–Crippen LogP) is 4.71. The summed E-state index contributed by atoms with van der Waals surface area (Å²) in [6.07, 6.45) is 0. The van der Waals surface area contributed by atoms with Gasteiger partial charge in [0.15, 0.2) is 11.5 Å². The summed E-state index contributed by atoms with van der Waals surface area (Å²) in [4.78, 5) is 29.0. The lowest BCUT2D eigenvalue weighted by molar-refractivity contribution is -0.140. The number of benzene rings is 2. The van der Waals surface area contributed by atoms with Crippen molar-refractivity contribution < 1.29 is 33.6 Å². The monoisotopic (exact) mass is 509 g/mol. The molecule has 1 aliphatic heterocycles. The van der Waals surface area contributed by atoms with E-state index in [1.54, 1.807) is 30.3 Å². The third-order valence-corrected chi connectivity index (χ3v) is 6.99. The van der Waals surface area contributed by atoms with E-state index in [1.807, 2.05) is 24.4 Å². The Balaban J connectivity index is 1.95. The first-order chi connectivity index (χ1) is 17.3. The second kappa shape index (κ2) is 10.3. The van der Waals surface area contributed by atoms with Crippen molar-refractivity contribution in [1.82, 2.24) is 4.90 Å². The van der Waals surface area contributed by atoms with Gasteiger partial charge < -0.3 is 29.0 Å². The summed E-state index contributed by atoms with van der Waals surface area (Å²) in [6, 6.07) is 11.3. The quantitative estimate of drug-likeness (QED) is 0.267. The van der Waals surface area contributed by atoms with E-state index in [0.717, 1.165) is 10.4 Å². The zero-order chi connectivity index (χ0) is 26.0. The highest BCUT2D eigenvalue weighted by atomic mass is 32.1. The maximum atomic E-state index is 13.4. The van der Waals surface area contributed by atoms with Crippen LogP contribution in [-0.4, -0.2) is 50.1 Å². The van der Waals surface area contributed by atoms with E-state index in [0.29, 0.717) is 34.1 Å². The summed E-state index contributed by atoms with van der Waals surface area (Å²) < 4.78 is 21.9. The summed E-state index contributed by atoms with van der Waals surface area (Å²) in [5, 5.41) is 13.3. The molecule has 0 spiro atoms. The molecule has 1 amide bonds. The molecule has 0 radical (unpaired) electrons. The molecule has 1 fully saturated rings. The van der Waals surface area contributed by atoms with Gasteiger partial charge in [-0.05, 0) is 47.7 Å². The molecule has 2 aromatic carbocycles. The van der Waals surface area contributed by atoms with Gasteiger partial charge in [0.2, 0.25) is 5.75 Å². The lowest BCUT2D eigenvalue weighted by atomic mass is 9.94. The number of carbonyl (C=O) groups is 2. The first-order valence-corrected chi connectivity index (χ1v) is 12.0. The molecule has 1 aromatic heterocycles. The first-order valence-electron chi connectivity index (χ1n) is 11.1. The molecule has 3 aromatic rings. The fourth-order valence-corrected chi connectivity index (χ4v) is 5.04. The van der Waals surface area contributed by atoms with Crippen molar-refractivity contribution in [3.63, 3.8) is 0 Å². The van der Waals surface area contributed by atoms with Gasteiger partial charge in [-0.15, -0.1) is 11.3 Å². The van der Waals surface area contributed by atoms with Crippen molar-refractivity contribution in [1.29, 1.82) is 0 Å². The van der Waals surface area contributed by atoms with Crippen LogP contribution in [0.2, 0.25) is 0 Å². The van der Waals surface area contributed by atoms with Crippen LogP contribution >= 0.6 is 11.3 Å². The van der Waals surface area contributed by atoms with Crippen LogP contribution in [0.3, 0.4) is 0 Å². The Kier molecular flexibility index (Phi) is 7.21. The van der Waals surface area contributed by atoms with E-state index in [4.69, 9.17) is 18.9 Å². The first kappa shape index (κ1) is 25.1. The Morgan fingerprint density at radius 1 is 0.944 bits per heavy atom. The van der Waals surface area contributed by atoms with Gasteiger partial charge in [-0.1, -0.05) is 18.2 Å². The average molecular weight is 510 g/mol. The number of hydrogen-bond acceptors (Lipinski definition) is 8. The van der Waals surface area contributed by atoms with Crippen molar-refractivity contribution in [3.8, 4) is 23.0 Å². The third-order valence-electron chi connectivity index (χ3n) is 6.13. The molecule has 2 heterocycles. The van der Waals surface area contributed by atoms with Gasteiger partial charge >= 0.3 is 0 Å². The highest BCUT2D eigenvalue weighted by molar-refractivity contribution is 7.09. The van der Waals surface area contributed by atoms with Crippen LogP contribution in [0.4, 0.5) is 0 Å². The highest BCUT2D eigenvalue weighted by Crippen LogP contribution is 2.46. The molecule has 188 valence electrons. The largest absolute Gasteiger partial charge is 0.507 e. The summed E-state index contributed by atoms with van der Waals surface area (Å²) in [7, 11) is 6.00. The standard InChI is InChI=1S/C27H27NO7S/c1-15-8-9-16(11-19(15)32-2)24(29)22-23(17-12-20(33-3)26(35-5)21(13-17)34-4)28(27(31)25(22)30)14-18-7-6-10-36-18/h6-13,23,29H,14H2,1-5H3/b24-22+. The number of thiophene rings is 1. The van der Waals surface area contributed by atoms with Crippen LogP contribution in [0.5, 0.6) is 23.0 Å². The zero-order valence-electron chi connectivity index (χ0n) is 20.7. The maximum Gasteiger partial charge on any atom is 0.295 e. The molecule has 0 aliphatic carbocycles. The molecular weight excluding hydrogens is 482 g/mol. The number of nitrogens with zero attached hydrogens (tertiary/aromatic N) is 1. The molecule has 1 atom stereocenters. The van der Waals surface area contributed by atoms with Gasteiger partial charge in [-0.25, -0.2) is 0 Å². The van der Waals surface area contributed by atoms with E-state index in [-0.39, 0.29) is 17.9 Å². The van der Waals surface area contributed by atoms with Crippen molar-refractivity contribution in [3.05, 3.63) is 75.0 Å². The van der Waals surface area contributed by atoms with Crippen molar-refractivity contribution in [2.75, 3.05) is 28.4 Å². The lowest BCUT2D eigenvalue weighted by Gasteiger charge is -2.26. The van der Waals surface area contributed by atoms with Crippen molar-refractivity contribution >= 4 is 28.8 Å². The van der Waals surface area contributed by atoms with Crippen LogP contribution in [0.15, 0.2) is 53.4 Å². The fraction of sp³-hybridized carbons (Fsp3) is 0.259. The van der Waals surface area contributed by atoms with Crippen LogP contribution < -0.4 is 18.9 Å². The molecule has 0 saturated carbocycles. The van der Waals surface area contributed by atoms with Crippen LogP contribution in [-0.2, 0) is 16.1 Å². The van der Waals surface area contributed by atoms with Crippen LogP contribution in [0.25, 0.3) is 5.76 Å². The number of hydrogen-bond donors (Lipinski definition) is 1. The van der Waals surface area contributed by atoms with Gasteiger partial charge in [-0.2, -0.15) is 0 Å². The molecule has 36 heavy (non-hydrogen) atoms. The molecule has 1 aliphatic rings. The number of ketones is 1. The van der Waals surface area contributed by atoms with E-state index in [2.05, 4.69) is 0 Å². The minimum absolute atomic E-state index is 0.0308. The second-order valence-electron chi connectivity index (χ2n) is 8.15. The number of aliphatic hydroxyl groups excluding tert-OH is 1. The Hall–Kier alpha value is -3.98. The Morgan fingerprint density at radius 2 is 1.61 bits per heavy atom. The number of aryl methyl sites for hydroxylation is 1. The predicted molar refractivity (Wildman–Crippen MR) is 136 cm³/mol. The van der Waals surface area contributed by atoms with Gasteiger partial charge in [0.1, 0.15) is 11.5 Å². The lowest BCUT2D eigenvalue weighted by Crippen LogP contribution is -2.29. The van der Waals surface area contributed by atoms with Crippen LogP contribution in [0.1, 0.15) is 27.6 Å². The number of amides is 1. The van der Waals surface area contributed by atoms with Crippen molar-refractivity contribution in [2.45, 2.75) is 19.5 Å². The zero-order valence-corrected chi connectivity index (χ0v) is 21.5. The molecular formula is C27H27NO7S. The molecule has 1 saturated heterocycles. The van der Waals surface area contributed by atoms with Gasteiger partial charge in [0.25, 0.3) is 11.7 Å². The second-order valence-corrected chi connectivity index (χ2v) is 9.18. The molecule has 1 N–H and O–H groups in total. The molecule has 4 rings (SSSR count). The minimum Gasteiger partial charge on any atom is -0.507 e. The normalized spacial score (nSPS) is 16.8. The van der Waals surface area contributed by atoms with Crippen LogP contribution in [0, 0.1) is 6.92 Å². The van der Waals surface area contributed by atoms with Gasteiger partial charge in [-0.3, -0.25) is 9.59 Å². The molecule has 9 heteroatoms. The summed E-state index contributed by atoms with van der Waals surface area (Å²) in [5.41, 5.74) is 1.73. The molecule has 0 bridgehead atoms. The minimum atomic E-state index is -0.895. The molecule has 1 unspecified atom stereocenters. The molecule has 8 nitrogen and oxygen atoms in total.